The Morgan fingerprint density at radius 2 is 1.88 bits per heavy atom. The molecule has 2 heterocycles. The molecular weight excluding hydrogens is 294 g/mol. The van der Waals surface area contributed by atoms with E-state index in [0.717, 1.165) is 18.5 Å². The summed E-state index contributed by atoms with van der Waals surface area (Å²) in [7, 11) is 2.01. The van der Waals surface area contributed by atoms with Crippen LogP contribution >= 0.6 is 0 Å². The molecule has 0 aliphatic rings. The predicted molar refractivity (Wildman–Crippen MR) is 100 cm³/mol. The van der Waals surface area contributed by atoms with Crippen LogP contribution in [0.15, 0.2) is 67.0 Å². The molecule has 0 saturated heterocycles. The molecule has 4 rings (SSSR count). The minimum Gasteiger partial charge on any atom is -0.361 e. The maximum Gasteiger partial charge on any atom is 0.0702 e. The van der Waals surface area contributed by atoms with Gasteiger partial charge in [0.2, 0.25) is 0 Å². The number of benzene rings is 2. The summed E-state index contributed by atoms with van der Waals surface area (Å²) in [5, 5.41) is 5.74. The fraction of sp³-hybridized carbons (Fsp3) is 0.190. The monoisotopic (exact) mass is 315 g/mol. The van der Waals surface area contributed by atoms with Crippen molar-refractivity contribution in [3.8, 4) is 0 Å². The van der Waals surface area contributed by atoms with Gasteiger partial charge in [-0.25, -0.2) is 0 Å². The van der Waals surface area contributed by atoms with E-state index >= 15 is 0 Å². The van der Waals surface area contributed by atoms with Crippen molar-refractivity contribution in [1.82, 2.24) is 15.3 Å². The summed E-state index contributed by atoms with van der Waals surface area (Å²) in [6.45, 7) is 0.975. The highest BCUT2D eigenvalue weighted by Crippen LogP contribution is 2.31. The third-order valence-electron chi connectivity index (χ3n) is 4.68. The number of para-hydroxylation sites is 1. The number of fused-ring (bicyclic) bond motifs is 2. The summed E-state index contributed by atoms with van der Waals surface area (Å²) in [5.74, 6) is 0.342. The number of nitrogens with one attached hydrogen (secondary N) is 2. The first-order valence-electron chi connectivity index (χ1n) is 8.41. The Labute approximate surface area is 141 Å². The first-order valence-corrected chi connectivity index (χ1v) is 8.41. The molecule has 3 nitrogen and oxygen atoms in total. The van der Waals surface area contributed by atoms with Crippen molar-refractivity contribution in [3.05, 3.63) is 78.1 Å². The highest BCUT2D eigenvalue weighted by molar-refractivity contribution is 5.81. The Kier molecular flexibility index (Phi) is 4.01. The molecule has 0 fully saturated rings. The molecule has 2 N–H and O–H groups in total. The number of aromatic amines is 1. The van der Waals surface area contributed by atoms with E-state index in [1.807, 2.05) is 25.5 Å². The highest BCUT2D eigenvalue weighted by Gasteiger charge is 2.15. The van der Waals surface area contributed by atoms with Gasteiger partial charge in [-0.2, -0.15) is 0 Å². The topological polar surface area (TPSA) is 40.7 Å². The van der Waals surface area contributed by atoms with Crippen LogP contribution < -0.4 is 5.32 Å². The van der Waals surface area contributed by atoms with Gasteiger partial charge in [0.1, 0.15) is 0 Å². The van der Waals surface area contributed by atoms with Gasteiger partial charge in [-0.15, -0.1) is 0 Å². The van der Waals surface area contributed by atoms with Crippen LogP contribution in [-0.4, -0.2) is 23.6 Å². The van der Waals surface area contributed by atoms with Crippen molar-refractivity contribution in [3.63, 3.8) is 0 Å². The van der Waals surface area contributed by atoms with E-state index in [-0.39, 0.29) is 0 Å². The zero-order valence-corrected chi connectivity index (χ0v) is 13.8. The molecule has 2 aromatic carbocycles. The average Bonchev–Trinajstić information content (AvgIpc) is 3.10. The van der Waals surface area contributed by atoms with Crippen LogP contribution in [-0.2, 0) is 0 Å². The van der Waals surface area contributed by atoms with Gasteiger partial charge in [-0.3, -0.25) is 4.98 Å². The molecule has 3 heteroatoms. The number of rotatable bonds is 5. The first kappa shape index (κ1) is 14.9. The Morgan fingerprint density at radius 3 is 2.79 bits per heavy atom. The number of pyridine rings is 1. The van der Waals surface area contributed by atoms with Gasteiger partial charge in [-0.1, -0.05) is 24.3 Å². The van der Waals surface area contributed by atoms with Crippen molar-refractivity contribution >= 4 is 21.8 Å². The molecule has 0 saturated carbocycles. The van der Waals surface area contributed by atoms with Gasteiger partial charge in [-0.05, 0) is 66.9 Å². The minimum atomic E-state index is 0.342. The van der Waals surface area contributed by atoms with Crippen molar-refractivity contribution in [2.24, 2.45) is 0 Å². The molecule has 24 heavy (non-hydrogen) atoms. The highest BCUT2D eigenvalue weighted by atomic mass is 14.8. The van der Waals surface area contributed by atoms with Crippen molar-refractivity contribution in [1.29, 1.82) is 0 Å². The van der Waals surface area contributed by atoms with E-state index in [9.17, 15) is 0 Å². The van der Waals surface area contributed by atoms with Gasteiger partial charge in [0, 0.05) is 29.2 Å². The second-order valence-corrected chi connectivity index (χ2v) is 6.23. The molecule has 0 aliphatic carbocycles. The second-order valence-electron chi connectivity index (χ2n) is 6.23. The molecule has 0 bridgehead atoms. The van der Waals surface area contributed by atoms with Crippen LogP contribution in [0.4, 0.5) is 0 Å². The number of nitrogens with zero attached hydrogens (tertiary/aromatic N) is 1. The summed E-state index contributed by atoms with van der Waals surface area (Å²) in [6, 6.07) is 19.4. The normalized spacial score (nSPS) is 12.7. The SMILES string of the molecule is CNCCC(c1cnc2ccccc2c1)c1ccc2[nH]ccc2c1. The number of hydrogen-bond acceptors (Lipinski definition) is 2. The van der Waals surface area contributed by atoms with Gasteiger partial charge < -0.3 is 10.3 Å². The van der Waals surface area contributed by atoms with Crippen LogP contribution in [0.1, 0.15) is 23.5 Å². The van der Waals surface area contributed by atoms with E-state index in [0.29, 0.717) is 5.92 Å². The second kappa shape index (κ2) is 6.46. The lowest BCUT2D eigenvalue weighted by molar-refractivity contribution is 0.661. The smallest absolute Gasteiger partial charge is 0.0702 e. The van der Waals surface area contributed by atoms with Crippen molar-refractivity contribution < 1.29 is 0 Å². The van der Waals surface area contributed by atoms with E-state index < -0.39 is 0 Å². The molecule has 0 amide bonds. The molecule has 0 radical (unpaired) electrons. The fourth-order valence-electron chi connectivity index (χ4n) is 3.38. The number of H-pyrrole nitrogens is 1. The van der Waals surface area contributed by atoms with Gasteiger partial charge in [0.15, 0.2) is 0 Å². The third kappa shape index (κ3) is 2.79. The maximum absolute atomic E-state index is 4.66. The van der Waals surface area contributed by atoms with Crippen LogP contribution in [0.3, 0.4) is 0 Å². The summed E-state index contributed by atoms with van der Waals surface area (Å²) >= 11 is 0. The lowest BCUT2D eigenvalue weighted by Gasteiger charge is -2.18. The van der Waals surface area contributed by atoms with Crippen LogP contribution in [0.5, 0.6) is 0 Å². The van der Waals surface area contributed by atoms with E-state index in [4.69, 9.17) is 0 Å². The quantitative estimate of drug-likeness (QED) is 0.571. The van der Waals surface area contributed by atoms with Crippen LogP contribution in [0.2, 0.25) is 0 Å². The fourth-order valence-corrected chi connectivity index (χ4v) is 3.38. The molecule has 0 aliphatic heterocycles. The maximum atomic E-state index is 4.66. The summed E-state index contributed by atoms with van der Waals surface area (Å²) in [4.78, 5) is 7.93. The molecule has 2 aromatic heterocycles. The van der Waals surface area contributed by atoms with Crippen molar-refractivity contribution in [2.45, 2.75) is 12.3 Å². The largest absolute Gasteiger partial charge is 0.361 e. The molecular formula is C21H21N3. The van der Waals surface area contributed by atoms with Crippen molar-refractivity contribution in [2.75, 3.05) is 13.6 Å². The summed E-state index contributed by atoms with van der Waals surface area (Å²) in [5.41, 5.74) is 4.85. The predicted octanol–water partition coefficient (Wildman–Crippen LogP) is 4.46. The molecule has 1 atom stereocenters. The summed E-state index contributed by atoms with van der Waals surface area (Å²) in [6.07, 6.45) is 5.07. The van der Waals surface area contributed by atoms with Gasteiger partial charge in [0.05, 0.1) is 5.52 Å². The van der Waals surface area contributed by atoms with Crippen LogP contribution in [0, 0.1) is 0 Å². The first-order chi connectivity index (χ1) is 11.8. The van der Waals surface area contributed by atoms with Crippen LogP contribution in [0.25, 0.3) is 21.8 Å². The van der Waals surface area contributed by atoms with E-state index in [2.05, 4.69) is 63.8 Å². The standard InChI is InChI=1S/C21H21N3/c1-22-10-9-19(15-6-7-21-17(12-15)8-11-23-21)18-13-16-4-2-3-5-20(16)24-14-18/h2-8,11-14,19,22-23H,9-10H2,1H3. The third-order valence-corrected chi connectivity index (χ3v) is 4.68. The number of aromatic nitrogens is 2. The molecule has 4 aromatic rings. The zero-order valence-electron chi connectivity index (χ0n) is 13.8. The molecule has 1 unspecified atom stereocenters. The lowest BCUT2D eigenvalue weighted by Crippen LogP contribution is -2.13. The zero-order chi connectivity index (χ0) is 16.4. The Hall–Kier alpha value is -2.65. The van der Waals surface area contributed by atoms with Gasteiger partial charge >= 0.3 is 0 Å². The molecule has 0 spiro atoms. The Bertz CT molecular complexity index is 971. The van der Waals surface area contributed by atoms with E-state index in [1.54, 1.807) is 0 Å². The lowest BCUT2D eigenvalue weighted by atomic mass is 9.88. The average molecular weight is 315 g/mol. The number of hydrogen-bond donors (Lipinski definition) is 2. The Balaban J connectivity index is 1.79. The van der Waals surface area contributed by atoms with Gasteiger partial charge in [0.25, 0.3) is 0 Å². The molecule has 120 valence electrons. The van der Waals surface area contributed by atoms with E-state index in [1.165, 1.54) is 27.4 Å². The Morgan fingerprint density at radius 1 is 1.00 bits per heavy atom. The minimum absolute atomic E-state index is 0.342. The summed E-state index contributed by atoms with van der Waals surface area (Å²) < 4.78 is 0.